The molecule has 0 atom stereocenters. The van der Waals surface area contributed by atoms with Gasteiger partial charge in [0.1, 0.15) is 4.21 Å². The van der Waals surface area contributed by atoms with E-state index in [1.165, 1.54) is 6.92 Å². The molecule has 130 valence electrons. The van der Waals surface area contributed by atoms with E-state index in [0.29, 0.717) is 6.54 Å². The predicted octanol–water partition coefficient (Wildman–Crippen LogP) is 2.79. The first-order chi connectivity index (χ1) is 11.2. The Morgan fingerprint density at radius 2 is 1.71 bits per heavy atom. The molecule has 0 saturated carbocycles. The number of carbonyl (C=O) groups is 1. The van der Waals surface area contributed by atoms with Gasteiger partial charge in [0.05, 0.1) is 6.54 Å². The Hall–Kier alpha value is -1.70. The zero-order valence-corrected chi connectivity index (χ0v) is 15.9. The molecule has 5 nitrogen and oxygen atoms in total. The highest BCUT2D eigenvalue weighted by molar-refractivity contribution is 7.91. The third-order valence-corrected chi connectivity index (χ3v) is 6.67. The van der Waals surface area contributed by atoms with Gasteiger partial charge in [-0.2, -0.15) is 0 Å². The molecular formula is C17H22N2O3S2. The SMILES string of the molecule is CC(=O)NCc1ccc(S(=O)(=O)NCc2c(C)cc(C)cc2C)s1. The van der Waals surface area contributed by atoms with Gasteiger partial charge >= 0.3 is 0 Å². The van der Waals surface area contributed by atoms with Gasteiger partial charge in [-0.05, 0) is 49.6 Å². The number of benzene rings is 1. The summed E-state index contributed by atoms with van der Waals surface area (Å²) in [5, 5.41) is 2.66. The average Bonchev–Trinajstić information content (AvgIpc) is 2.93. The van der Waals surface area contributed by atoms with Crippen molar-refractivity contribution >= 4 is 27.3 Å². The van der Waals surface area contributed by atoms with Gasteiger partial charge in [0, 0.05) is 18.3 Å². The summed E-state index contributed by atoms with van der Waals surface area (Å²) >= 11 is 1.16. The maximum Gasteiger partial charge on any atom is 0.250 e. The smallest absolute Gasteiger partial charge is 0.250 e. The fraction of sp³-hybridized carbons (Fsp3) is 0.353. The summed E-state index contributed by atoms with van der Waals surface area (Å²) in [5.74, 6) is -0.142. The largest absolute Gasteiger partial charge is 0.351 e. The molecule has 0 aliphatic rings. The van der Waals surface area contributed by atoms with Crippen LogP contribution < -0.4 is 10.0 Å². The van der Waals surface area contributed by atoms with Gasteiger partial charge in [-0.1, -0.05) is 17.7 Å². The number of hydrogen-bond acceptors (Lipinski definition) is 4. The molecule has 2 aromatic rings. The second-order valence-corrected chi connectivity index (χ2v) is 8.99. The average molecular weight is 367 g/mol. The zero-order valence-electron chi connectivity index (χ0n) is 14.3. The van der Waals surface area contributed by atoms with Crippen molar-refractivity contribution in [3.63, 3.8) is 0 Å². The van der Waals surface area contributed by atoms with Crippen LogP contribution in [0.4, 0.5) is 0 Å². The topological polar surface area (TPSA) is 75.3 Å². The monoisotopic (exact) mass is 366 g/mol. The molecule has 0 bridgehead atoms. The van der Waals surface area contributed by atoms with E-state index >= 15 is 0 Å². The van der Waals surface area contributed by atoms with Gasteiger partial charge < -0.3 is 5.32 Å². The lowest BCUT2D eigenvalue weighted by molar-refractivity contribution is -0.119. The van der Waals surface area contributed by atoms with Crippen LogP contribution in [0.1, 0.15) is 34.1 Å². The van der Waals surface area contributed by atoms with Crippen LogP contribution in [0.2, 0.25) is 0 Å². The Morgan fingerprint density at radius 1 is 1.08 bits per heavy atom. The Labute approximate surface area is 147 Å². The Kier molecular flexibility index (Phi) is 5.79. The summed E-state index contributed by atoms with van der Waals surface area (Å²) in [6.07, 6.45) is 0. The lowest BCUT2D eigenvalue weighted by Gasteiger charge is -2.12. The van der Waals surface area contributed by atoms with Crippen molar-refractivity contribution < 1.29 is 13.2 Å². The number of rotatable bonds is 6. The van der Waals surface area contributed by atoms with Crippen molar-refractivity contribution in [2.24, 2.45) is 0 Å². The number of nitrogens with one attached hydrogen (secondary N) is 2. The van der Waals surface area contributed by atoms with Gasteiger partial charge in [0.15, 0.2) is 0 Å². The molecule has 1 aromatic heterocycles. The molecular weight excluding hydrogens is 344 g/mol. The molecule has 0 saturated heterocycles. The molecule has 2 rings (SSSR count). The van der Waals surface area contributed by atoms with Crippen LogP contribution in [-0.2, 0) is 27.9 Å². The fourth-order valence-electron chi connectivity index (χ4n) is 2.54. The standard InChI is InChI=1S/C17H22N2O3S2/c1-11-7-12(2)16(13(3)8-11)10-19-24(21,22)17-6-5-15(23-17)9-18-14(4)20/h5-8,19H,9-10H2,1-4H3,(H,18,20). The van der Waals surface area contributed by atoms with Crippen molar-refractivity contribution in [3.05, 3.63) is 51.4 Å². The molecule has 1 aromatic carbocycles. The number of sulfonamides is 1. The Balaban J connectivity index is 2.11. The van der Waals surface area contributed by atoms with Gasteiger partial charge in [-0.15, -0.1) is 11.3 Å². The van der Waals surface area contributed by atoms with Crippen molar-refractivity contribution in [3.8, 4) is 0 Å². The van der Waals surface area contributed by atoms with Gasteiger partial charge in [-0.3, -0.25) is 4.79 Å². The van der Waals surface area contributed by atoms with Crippen LogP contribution in [0.25, 0.3) is 0 Å². The molecule has 0 fully saturated rings. The van der Waals surface area contributed by atoms with Crippen LogP contribution in [0.3, 0.4) is 0 Å². The summed E-state index contributed by atoms with van der Waals surface area (Å²) in [6.45, 7) is 8.03. The lowest BCUT2D eigenvalue weighted by atomic mass is 10.0. The van der Waals surface area contributed by atoms with E-state index in [1.54, 1.807) is 12.1 Å². The number of thiophene rings is 1. The van der Waals surface area contributed by atoms with E-state index in [9.17, 15) is 13.2 Å². The number of carbonyl (C=O) groups excluding carboxylic acids is 1. The second-order valence-electron chi connectivity index (χ2n) is 5.83. The first kappa shape index (κ1) is 18.6. The van der Waals surface area contributed by atoms with E-state index in [4.69, 9.17) is 0 Å². The van der Waals surface area contributed by atoms with Gasteiger partial charge in [0.2, 0.25) is 15.9 Å². The molecule has 0 aliphatic heterocycles. The van der Waals surface area contributed by atoms with Gasteiger partial charge in [-0.25, -0.2) is 13.1 Å². The highest BCUT2D eigenvalue weighted by atomic mass is 32.2. The van der Waals surface area contributed by atoms with Crippen LogP contribution >= 0.6 is 11.3 Å². The summed E-state index contributed by atoms with van der Waals surface area (Å²) in [5.41, 5.74) is 4.32. The first-order valence-electron chi connectivity index (χ1n) is 7.58. The maximum atomic E-state index is 12.5. The number of amides is 1. The highest BCUT2D eigenvalue weighted by Crippen LogP contribution is 2.22. The van der Waals surface area contributed by atoms with Crippen molar-refractivity contribution in [2.45, 2.75) is 45.0 Å². The van der Waals surface area contributed by atoms with Crippen LogP contribution in [0.5, 0.6) is 0 Å². The third kappa shape index (κ3) is 4.66. The van der Waals surface area contributed by atoms with E-state index in [2.05, 4.69) is 10.0 Å². The summed E-state index contributed by atoms with van der Waals surface area (Å²) < 4.78 is 27.8. The van der Waals surface area contributed by atoms with E-state index in [1.807, 2.05) is 32.9 Å². The minimum atomic E-state index is -3.56. The molecule has 24 heavy (non-hydrogen) atoms. The highest BCUT2D eigenvalue weighted by Gasteiger charge is 2.17. The summed E-state index contributed by atoms with van der Waals surface area (Å²) in [6, 6.07) is 7.39. The quantitative estimate of drug-likeness (QED) is 0.825. The lowest BCUT2D eigenvalue weighted by Crippen LogP contribution is -2.23. The number of hydrogen-bond donors (Lipinski definition) is 2. The molecule has 2 N–H and O–H groups in total. The van der Waals surface area contributed by atoms with Crippen LogP contribution in [0.15, 0.2) is 28.5 Å². The van der Waals surface area contributed by atoms with E-state index in [0.717, 1.165) is 38.5 Å². The van der Waals surface area contributed by atoms with Gasteiger partial charge in [0.25, 0.3) is 0 Å². The van der Waals surface area contributed by atoms with Crippen molar-refractivity contribution in [1.82, 2.24) is 10.0 Å². The fourth-order valence-corrected chi connectivity index (χ4v) is 4.87. The Morgan fingerprint density at radius 3 is 2.29 bits per heavy atom. The summed E-state index contributed by atoms with van der Waals surface area (Å²) in [7, 11) is -3.56. The zero-order chi connectivity index (χ0) is 17.9. The number of aryl methyl sites for hydroxylation is 3. The minimum Gasteiger partial charge on any atom is -0.351 e. The molecule has 0 unspecified atom stereocenters. The predicted molar refractivity (Wildman–Crippen MR) is 96.5 cm³/mol. The van der Waals surface area contributed by atoms with E-state index < -0.39 is 10.0 Å². The Bertz CT molecular complexity index is 831. The van der Waals surface area contributed by atoms with Crippen LogP contribution in [0, 0.1) is 20.8 Å². The maximum absolute atomic E-state index is 12.5. The second kappa shape index (κ2) is 7.46. The molecule has 7 heteroatoms. The molecule has 0 spiro atoms. The van der Waals surface area contributed by atoms with Crippen molar-refractivity contribution in [2.75, 3.05) is 0 Å². The van der Waals surface area contributed by atoms with Crippen molar-refractivity contribution in [1.29, 1.82) is 0 Å². The molecule has 1 amide bonds. The van der Waals surface area contributed by atoms with Crippen LogP contribution in [-0.4, -0.2) is 14.3 Å². The molecule has 1 heterocycles. The third-order valence-electron chi connectivity index (χ3n) is 3.69. The molecule has 0 aliphatic carbocycles. The first-order valence-corrected chi connectivity index (χ1v) is 9.88. The minimum absolute atomic E-state index is 0.142. The molecule has 0 radical (unpaired) electrons. The summed E-state index contributed by atoms with van der Waals surface area (Å²) in [4.78, 5) is 11.7. The normalized spacial score (nSPS) is 11.5. The van der Waals surface area contributed by atoms with E-state index in [-0.39, 0.29) is 16.7 Å².